The normalized spacial score (nSPS) is 18.8. The number of para-hydroxylation sites is 1. The lowest BCUT2D eigenvalue weighted by Gasteiger charge is -2.23. The minimum Gasteiger partial charge on any atom is -0.399 e. The molecule has 2 N–H and O–H groups in total. The number of aryl methyl sites for hydroxylation is 1. The standard InChI is InChI=1S/C14H20N2OS/c1-16(12-8-9-18-10-12)14(17)7-6-11-4-2-3-5-13(11)15/h2-5,12H,6-10,15H2,1H3. The van der Waals surface area contributed by atoms with Crippen LogP contribution in [0.2, 0.25) is 0 Å². The van der Waals surface area contributed by atoms with Crippen LogP contribution in [0.1, 0.15) is 18.4 Å². The number of benzene rings is 1. The molecule has 1 aromatic carbocycles. The number of nitrogen functional groups attached to an aromatic ring is 1. The minimum absolute atomic E-state index is 0.228. The molecule has 1 aromatic rings. The summed E-state index contributed by atoms with van der Waals surface area (Å²) in [6, 6.07) is 8.19. The van der Waals surface area contributed by atoms with Crippen LogP contribution in [0.4, 0.5) is 5.69 Å². The fraction of sp³-hybridized carbons (Fsp3) is 0.500. The van der Waals surface area contributed by atoms with Gasteiger partial charge in [0, 0.05) is 31.0 Å². The van der Waals surface area contributed by atoms with Crippen molar-refractivity contribution in [2.75, 3.05) is 24.3 Å². The van der Waals surface area contributed by atoms with Gasteiger partial charge in [0.1, 0.15) is 0 Å². The average Bonchev–Trinajstić information content (AvgIpc) is 2.90. The molecule has 1 saturated heterocycles. The van der Waals surface area contributed by atoms with Crippen molar-refractivity contribution in [3.8, 4) is 0 Å². The molecule has 1 aliphatic rings. The monoisotopic (exact) mass is 264 g/mol. The third kappa shape index (κ3) is 3.19. The maximum atomic E-state index is 12.1. The van der Waals surface area contributed by atoms with E-state index in [-0.39, 0.29) is 5.91 Å². The maximum Gasteiger partial charge on any atom is 0.222 e. The van der Waals surface area contributed by atoms with E-state index in [9.17, 15) is 4.79 Å². The third-order valence-electron chi connectivity index (χ3n) is 3.51. The van der Waals surface area contributed by atoms with E-state index in [1.54, 1.807) is 0 Å². The van der Waals surface area contributed by atoms with E-state index in [1.165, 1.54) is 5.75 Å². The van der Waals surface area contributed by atoms with Gasteiger partial charge >= 0.3 is 0 Å². The summed E-state index contributed by atoms with van der Waals surface area (Å²) >= 11 is 1.93. The second-order valence-electron chi connectivity index (χ2n) is 4.72. The summed E-state index contributed by atoms with van der Waals surface area (Å²) in [7, 11) is 1.92. The number of rotatable bonds is 4. The molecule has 2 rings (SSSR count). The lowest BCUT2D eigenvalue weighted by molar-refractivity contribution is -0.131. The molecule has 0 aromatic heterocycles. The Morgan fingerprint density at radius 1 is 1.50 bits per heavy atom. The highest BCUT2D eigenvalue weighted by atomic mass is 32.2. The van der Waals surface area contributed by atoms with Crippen molar-refractivity contribution in [3.63, 3.8) is 0 Å². The molecular formula is C14H20N2OS. The molecule has 0 saturated carbocycles. The number of nitrogens with zero attached hydrogens (tertiary/aromatic N) is 1. The highest BCUT2D eigenvalue weighted by molar-refractivity contribution is 7.99. The summed E-state index contributed by atoms with van der Waals surface area (Å²) in [5.74, 6) is 2.48. The largest absolute Gasteiger partial charge is 0.399 e. The topological polar surface area (TPSA) is 46.3 Å². The maximum absolute atomic E-state index is 12.1. The van der Waals surface area contributed by atoms with E-state index in [1.807, 2.05) is 48.0 Å². The predicted octanol–water partition coefficient (Wildman–Crippen LogP) is 2.17. The van der Waals surface area contributed by atoms with Gasteiger partial charge in [-0.05, 0) is 30.2 Å². The summed E-state index contributed by atoms with van der Waals surface area (Å²) in [6.07, 6.45) is 2.40. The van der Waals surface area contributed by atoms with E-state index in [4.69, 9.17) is 5.73 Å². The SMILES string of the molecule is CN(C(=O)CCc1ccccc1N)C1CCSC1. The molecule has 4 heteroatoms. The fourth-order valence-electron chi connectivity index (χ4n) is 2.21. The van der Waals surface area contributed by atoms with E-state index in [0.29, 0.717) is 12.5 Å². The zero-order valence-corrected chi connectivity index (χ0v) is 11.6. The van der Waals surface area contributed by atoms with Gasteiger partial charge in [-0.2, -0.15) is 11.8 Å². The van der Waals surface area contributed by atoms with Crippen LogP contribution >= 0.6 is 11.8 Å². The van der Waals surface area contributed by atoms with Crippen LogP contribution in [0.3, 0.4) is 0 Å². The second kappa shape index (κ2) is 6.14. The number of amides is 1. The van der Waals surface area contributed by atoms with Gasteiger partial charge in [-0.1, -0.05) is 18.2 Å². The Morgan fingerprint density at radius 2 is 2.28 bits per heavy atom. The van der Waals surface area contributed by atoms with Crippen molar-refractivity contribution < 1.29 is 4.79 Å². The van der Waals surface area contributed by atoms with E-state index < -0.39 is 0 Å². The molecule has 1 heterocycles. The van der Waals surface area contributed by atoms with Crippen LogP contribution in [0.25, 0.3) is 0 Å². The number of carbonyl (C=O) groups is 1. The van der Waals surface area contributed by atoms with Crippen molar-refractivity contribution in [2.45, 2.75) is 25.3 Å². The summed E-state index contributed by atoms with van der Waals surface area (Å²) < 4.78 is 0. The highest BCUT2D eigenvalue weighted by Crippen LogP contribution is 2.22. The van der Waals surface area contributed by atoms with Gasteiger partial charge in [-0.25, -0.2) is 0 Å². The molecule has 1 amide bonds. The predicted molar refractivity (Wildman–Crippen MR) is 77.7 cm³/mol. The van der Waals surface area contributed by atoms with Crippen LogP contribution in [0.5, 0.6) is 0 Å². The van der Waals surface area contributed by atoms with Crippen LogP contribution in [0.15, 0.2) is 24.3 Å². The molecule has 1 unspecified atom stereocenters. The fourth-order valence-corrected chi connectivity index (χ4v) is 3.48. The number of hydrogen-bond donors (Lipinski definition) is 1. The van der Waals surface area contributed by atoms with Crippen LogP contribution in [-0.2, 0) is 11.2 Å². The molecule has 1 fully saturated rings. The van der Waals surface area contributed by atoms with Gasteiger partial charge < -0.3 is 10.6 Å². The van der Waals surface area contributed by atoms with Crippen LogP contribution in [0, 0.1) is 0 Å². The van der Waals surface area contributed by atoms with E-state index in [2.05, 4.69) is 0 Å². The molecule has 1 aliphatic heterocycles. The molecule has 98 valence electrons. The number of anilines is 1. The van der Waals surface area contributed by atoms with E-state index in [0.717, 1.165) is 29.8 Å². The summed E-state index contributed by atoms with van der Waals surface area (Å²) in [5, 5.41) is 0. The van der Waals surface area contributed by atoms with Gasteiger partial charge in [-0.15, -0.1) is 0 Å². The van der Waals surface area contributed by atoms with Crippen molar-refractivity contribution in [1.82, 2.24) is 4.90 Å². The number of carbonyl (C=O) groups excluding carboxylic acids is 1. The zero-order chi connectivity index (χ0) is 13.0. The Labute approximate surface area is 113 Å². The number of thioether (sulfide) groups is 1. The molecule has 0 radical (unpaired) electrons. The first-order valence-corrected chi connectivity index (χ1v) is 7.50. The molecule has 0 spiro atoms. The molecule has 1 atom stereocenters. The first-order chi connectivity index (χ1) is 8.68. The lowest BCUT2D eigenvalue weighted by atomic mass is 10.1. The number of hydrogen-bond acceptors (Lipinski definition) is 3. The number of nitrogens with two attached hydrogens (primary N) is 1. The second-order valence-corrected chi connectivity index (χ2v) is 5.87. The first-order valence-electron chi connectivity index (χ1n) is 6.35. The Morgan fingerprint density at radius 3 is 2.94 bits per heavy atom. The molecule has 0 aliphatic carbocycles. The van der Waals surface area contributed by atoms with Crippen molar-refractivity contribution >= 4 is 23.4 Å². The van der Waals surface area contributed by atoms with Gasteiger partial charge in [0.05, 0.1) is 0 Å². The Bertz CT molecular complexity index is 416. The third-order valence-corrected chi connectivity index (χ3v) is 4.65. The van der Waals surface area contributed by atoms with Crippen molar-refractivity contribution in [2.24, 2.45) is 0 Å². The van der Waals surface area contributed by atoms with Crippen LogP contribution < -0.4 is 5.73 Å². The van der Waals surface area contributed by atoms with Gasteiger partial charge in [0.25, 0.3) is 0 Å². The Kier molecular flexibility index (Phi) is 4.53. The van der Waals surface area contributed by atoms with E-state index >= 15 is 0 Å². The van der Waals surface area contributed by atoms with Crippen LogP contribution in [-0.4, -0.2) is 35.4 Å². The molecule has 18 heavy (non-hydrogen) atoms. The Balaban J connectivity index is 1.86. The summed E-state index contributed by atoms with van der Waals surface area (Å²) in [6.45, 7) is 0. The van der Waals surface area contributed by atoms with Gasteiger partial charge in [0.2, 0.25) is 5.91 Å². The van der Waals surface area contributed by atoms with Gasteiger partial charge in [-0.3, -0.25) is 4.79 Å². The molecule has 3 nitrogen and oxygen atoms in total. The highest BCUT2D eigenvalue weighted by Gasteiger charge is 2.23. The average molecular weight is 264 g/mol. The van der Waals surface area contributed by atoms with Gasteiger partial charge in [0.15, 0.2) is 0 Å². The molecule has 0 bridgehead atoms. The minimum atomic E-state index is 0.228. The quantitative estimate of drug-likeness (QED) is 0.848. The Hall–Kier alpha value is -1.16. The molecular weight excluding hydrogens is 244 g/mol. The summed E-state index contributed by atoms with van der Waals surface area (Å²) in [4.78, 5) is 14.0. The zero-order valence-electron chi connectivity index (χ0n) is 10.8. The van der Waals surface area contributed by atoms with Crippen molar-refractivity contribution in [1.29, 1.82) is 0 Å². The smallest absolute Gasteiger partial charge is 0.222 e. The summed E-state index contributed by atoms with van der Waals surface area (Å²) in [5.41, 5.74) is 7.73. The van der Waals surface area contributed by atoms with Crippen molar-refractivity contribution in [3.05, 3.63) is 29.8 Å². The first kappa shape index (κ1) is 13.3. The lowest BCUT2D eigenvalue weighted by Crippen LogP contribution is -2.37.